The number of hydrogen-bond acceptors (Lipinski definition) is 4. The van der Waals surface area contributed by atoms with E-state index < -0.39 is 32.4 Å². The zero-order valence-electron chi connectivity index (χ0n) is 10.3. The van der Waals surface area contributed by atoms with Gasteiger partial charge in [-0.15, -0.1) is 0 Å². The number of carboxylic acid groups (broad SMARTS) is 1. The summed E-state index contributed by atoms with van der Waals surface area (Å²) in [6.45, 7) is 1.46. The van der Waals surface area contributed by atoms with Crippen molar-refractivity contribution >= 4 is 15.8 Å². The van der Waals surface area contributed by atoms with E-state index in [0.29, 0.717) is 5.56 Å². The predicted octanol–water partition coefficient (Wildman–Crippen LogP) is 1.18. The molecule has 100 valence electrons. The van der Waals surface area contributed by atoms with Crippen LogP contribution in [0.5, 0.6) is 0 Å². The molecule has 0 aromatic heterocycles. The maximum Gasteiger partial charge on any atom is 0.326 e. The molecule has 0 radical (unpaired) electrons. The number of sulfone groups is 1. The molecule has 19 heavy (non-hydrogen) atoms. The number of aliphatic carboxylic acids is 1. The van der Waals surface area contributed by atoms with E-state index in [0.717, 1.165) is 0 Å². The van der Waals surface area contributed by atoms with Crippen molar-refractivity contribution in [1.82, 2.24) is 0 Å². The van der Waals surface area contributed by atoms with Crippen molar-refractivity contribution in [1.29, 1.82) is 5.26 Å². The Morgan fingerprint density at radius 2 is 2.00 bits per heavy atom. The number of carboxylic acids is 1. The molecule has 0 amide bonds. The van der Waals surface area contributed by atoms with Gasteiger partial charge >= 0.3 is 5.97 Å². The van der Waals surface area contributed by atoms with Gasteiger partial charge in [0, 0.05) is 11.7 Å². The first-order valence-electron chi connectivity index (χ1n) is 5.83. The van der Waals surface area contributed by atoms with Gasteiger partial charge in [-0.3, -0.25) is 4.79 Å². The third-order valence-electron chi connectivity index (χ3n) is 3.62. The van der Waals surface area contributed by atoms with Crippen LogP contribution in [-0.4, -0.2) is 30.5 Å². The van der Waals surface area contributed by atoms with Crippen molar-refractivity contribution in [3.05, 3.63) is 35.9 Å². The molecule has 0 aliphatic heterocycles. The van der Waals surface area contributed by atoms with E-state index >= 15 is 0 Å². The van der Waals surface area contributed by atoms with Gasteiger partial charge in [0.15, 0.2) is 15.3 Å². The molecule has 3 atom stereocenters. The van der Waals surface area contributed by atoms with Crippen LogP contribution >= 0.6 is 0 Å². The average molecular weight is 279 g/mol. The van der Waals surface area contributed by atoms with Gasteiger partial charge < -0.3 is 5.11 Å². The molecule has 0 unspecified atom stereocenters. The summed E-state index contributed by atoms with van der Waals surface area (Å²) in [6.07, 6.45) is 0. The summed E-state index contributed by atoms with van der Waals surface area (Å²) in [4.78, 5) is 11.4. The van der Waals surface area contributed by atoms with Crippen LogP contribution in [0.4, 0.5) is 0 Å². The molecule has 0 saturated heterocycles. The molecule has 1 aromatic carbocycles. The lowest BCUT2D eigenvalue weighted by Gasteiger charge is -2.01. The Balaban J connectivity index is 2.55. The molecule has 2 rings (SSSR count). The highest BCUT2D eigenvalue weighted by Crippen LogP contribution is 2.62. The lowest BCUT2D eigenvalue weighted by molar-refractivity contribution is -0.141. The van der Waals surface area contributed by atoms with Crippen LogP contribution in [0.1, 0.15) is 18.4 Å². The minimum atomic E-state index is -3.59. The summed E-state index contributed by atoms with van der Waals surface area (Å²) < 4.78 is 24.0. The highest BCUT2D eigenvalue weighted by Gasteiger charge is 2.76. The molecule has 1 fully saturated rings. The number of benzene rings is 1. The number of rotatable bonds is 4. The molecular formula is C13H13NO4S. The first kappa shape index (κ1) is 13.6. The second-order valence-electron chi connectivity index (χ2n) is 4.55. The van der Waals surface area contributed by atoms with Crippen molar-refractivity contribution in [2.75, 3.05) is 5.75 Å². The van der Waals surface area contributed by atoms with Crippen LogP contribution < -0.4 is 0 Å². The average Bonchev–Trinajstić information content (AvgIpc) is 3.11. The normalized spacial score (nSPS) is 29.5. The number of carbonyl (C=O) groups is 1. The molecular weight excluding hydrogens is 266 g/mol. The van der Waals surface area contributed by atoms with Gasteiger partial charge in [-0.05, 0) is 5.56 Å². The molecule has 1 aliphatic carbocycles. The highest BCUT2D eigenvalue weighted by molar-refractivity contribution is 7.92. The van der Waals surface area contributed by atoms with Crippen LogP contribution in [-0.2, 0) is 14.6 Å². The SMILES string of the molecule is CCS(=O)(=O)[C@H]1[C@H](c2ccccc2)[C@@]1(C#N)C(=O)O. The van der Waals surface area contributed by atoms with Crippen molar-refractivity contribution in [3.8, 4) is 6.07 Å². The summed E-state index contributed by atoms with van der Waals surface area (Å²) in [5.41, 5.74) is -1.27. The van der Waals surface area contributed by atoms with E-state index in [1.54, 1.807) is 36.4 Å². The number of hydrogen-bond donors (Lipinski definition) is 1. The van der Waals surface area contributed by atoms with E-state index in [1.807, 2.05) is 0 Å². The van der Waals surface area contributed by atoms with Crippen LogP contribution in [0.15, 0.2) is 30.3 Å². The molecule has 1 aliphatic rings. The minimum Gasteiger partial charge on any atom is -0.480 e. The van der Waals surface area contributed by atoms with Crippen LogP contribution in [0.25, 0.3) is 0 Å². The van der Waals surface area contributed by atoms with Crippen molar-refractivity contribution in [2.24, 2.45) is 5.41 Å². The fraction of sp³-hybridized carbons (Fsp3) is 0.385. The van der Waals surface area contributed by atoms with Crippen molar-refractivity contribution in [2.45, 2.75) is 18.1 Å². The molecule has 0 bridgehead atoms. The van der Waals surface area contributed by atoms with Crippen molar-refractivity contribution < 1.29 is 18.3 Å². The van der Waals surface area contributed by atoms with Gasteiger partial charge in [-0.1, -0.05) is 37.3 Å². The minimum absolute atomic E-state index is 0.169. The van der Waals surface area contributed by atoms with Crippen LogP contribution in [0, 0.1) is 16.7 Å². The molecule has 1 aromatic rings. The highest BCUT2D eigenvalue weighted by atomic mass is 32.2. The van der Waals surface area contributed by atoms with E-state index in [2.05, 4.69) is 0 Å². The molecule has 0 spiro atoms. The maximum atomic E-state index is 12.0. The Bertz CT molecular complexity index is 647. The molecule has 5 nitrogen and oxygen atoms in total. The predicted molar refractivity (Wildman–Crippen MR) is 68.1 cm³/mol. The Labute approximate surface area is 111 Å². The van der Waals surface area contributed by atoms with Gasteiger partial charge in [-0.25, -0.2) is 8.42 Å². The fourth-order valence-electron chi connectivity index (χ4n) is 2.56. The van der Waals surface area contributed by atoms with E-state index in [-0.39, 0.29) is 5.75 Å². The fourth-order valence-corrected chi connectivity index (χ4v) is 4.49. The second-order valence-corrected chi connectivity index (χ2v) is 6.96. The van der Waals surface area contributed by atoms with E-state index in [1.165, 1.54) is 6.92 Å². The number of nitrogens with zero attached hydrogens (tertiary/aromatic N) is 1. The Hall–Kier alpha value is -1.87. The third-order valence-corrected chi connectivity index (χ3v) is 5.84. The summed E-state index contributed by atoms with van der Waals surface area (Å²) in [6, 6.07) is 10.2. The molecule has 1 N–H and O–H groups in total. The lowest BCUT2D eigenvalue weighted by Crippen LogP contribution is -2.23. The second kappa shape index (κ2) is 4.35. The van der Waals surface area contributed by atoms with Gasteiger partial charge in [0.05, 0.1) is 6.07 Å². The molecule has 6 heteroatoms. The molecule has 1 saturated carbocycles. The zero-order chi connectivity index (χ0) is 14.3. The first-order valence-corrected chi connectivity index (χ1v) is 7.54. The van der Waals surface area contributed by atoms with Crippen LogP contribution in [0.2, 0.25) is 0 Å². The smallest absolute Gasteiger partial charge is 0.326 e. The standard InChI is InChI=1S/C13H13NO4S/c1-2-19(17,18)11-10(9-6-4-3-5-7-9)13(11,8-14)12(15)16/h3-7,10-11H,2H2,1H3,(H,15,16)/t10-,11-,13+/m0/s1. The molecule has 0 heterocycles. The first-order chi connectivity index (χ1) is 8.91. The summed E-state index contributed by atoms with van der Waals surface area (Å²) in [5.74, 6) is -2.33. The number of nitriles is 1. The summed E-state index contributed by atoms with van der Waals surface area (Å²) >= 11 is 0. The van der Waals surface area contributed by atoms with Gasteiger partial charge in [0.25, 0.3) is 0 Å². The maximum absolute atomic E-state index is 12.0. The van der Waals surface area contributed by atoms with E-state index in [4.69, 9.17) is 0 Å². The van der Waals surface area contributed by atoms with Gasteiger partial charge in [-0.2, -0.15) is 5.26 Å². The summed E-state index contributed by atoms with van der Waals surface area (Å²) in [5, 5.41) is 17.3. The lowest BCUT2D eigenvalue weighted by atomic mass is 10.0. The topological polar surface area (TPSA) is 95.2 Å². The van der Waals surface area contributed by atoms with Crippen LogP contribution in [0.3, 0.4) is 0 Å². The Morgan fingerprint density at radius 3 is 2.42 bits per heavy atom. The van der Waals surface area contributed by atoms with E-state index in [9.17, 15) is 23.6 Å². The van der Waals surface area contributed by atoms with Gasteiger partial charge in [0.1, 0.15) is 5.25 Å². The third kappa shape index (κ3) is 1.81. The quantitative estimate of drug-likeness (QED) is 0.893. The zero-order valence-corrected chi connectivity index (χ0v) is 11.1. The summed E-state index contributed by atoms with van der Waals surface area (Å²) in [7, 11) is -3.59. The van der Waals surface area contributed by atoms with Crippen molar-refractivity contribution in [3.63, 3.8) is 0 Å². The Kier molecular flexibility index (Phi) is 3.11. The van der Waals surface area contributed by atoms with Gasteiger partial charge in [0.2, 0.25) is 0 Å². The Morgan fingerprint density at radius 1 is 1.42 bits per heavy atom. The monoisotopic (exact) mass is 279 g/mol. The largest absolute Gasteiger partial charge is 0.480 e.